The van der Waals surface area contributed by atoms with Crippen LogP contribution in [0, 0.1) is 11.6 Å². The van der Waals surface area contributed by atoms with E-state index in [-0.39, 0.29) is 5.69 Å². The van der Waals surface area contributed by atoms with Crippen LogP contribution in [0.15, 0.2) is 46.9 Å². The lowest BCUT2D eigenvalue weighted by Gasteiger charge is -2.11. The number of hydrogen-bond donors (Lipinski definition) is 1. The van der Waals surface area contributed by atoms with Gasteiger partial charge in [-0.05, 0) is 48.5 Å². The van der Waals surface area contributed by atoms with E-state index < -0.39 is 23.6 Å². The Morgan fingerprint density at radius 1 is 1.20 bits per heavy atom. The Hall–Kier alpha value is -2.68. The van der Waals surface area contributed by atoms with E-state index in [0.29, 0.717) is 5.82 Å². The van der Waals surface area contributed by atoms with Crippen molar-refractivity contribution in [1.29, 1.82) is 0 Å². The molecule has 1 amide bonds. The second-order valence-corrected chi connectivity index (χ2v) is 6.15. The van der Waals surface area contributed by atoms with Gasteiger partial charge >= 0.3 is 0 Å². The molecule has 0 aliphatic rings. The Morgan fingerprint density at radius 3 is 2.64 bits per heavy atom. The molecular formula is C16H12BrF2N5O. The molecule has 0 saturated heterocycles. The van der Waals surface area contributed by atoms with Gasteiger partial charge in [0.15, 0.2) is 0 Å². The summed E-state index contributed by atoms with van der Waals surface area (Å²) in [5.74, 6) is -1.63. The molecule has 0 aliphatic heterocycles. The second-order valence-electron chi connectivity index (χ2n) is 5.23. The van der Waals surface area contributed by atoms with Gasteiger partial charge in [-0.3, -0.25) is 4.79 Å². The molecule has 3 aromatic rings. The molecule has 128 valence electrons. The third-order valence-corrected chi connectivity index (χ3v) is 3.97. The van der Waals surface area contributed by atoms with Crippen LogP contribution in [0.25, 0.3) is 11.4 Å². The third-order valence-electron chi connectivity index (χ3n) is 3.44. The predicted molar refractivity (Wildman–Crippen MR) is 90.7 cm³/mol. The molecule has 1 atom stereocenters. The number of carbonyl (C=O) groups is 1. The van der Waals surface area contributed by atoms with Crippen LogP contribution < -0.4 is 5.32 Å². The van der Waals surface area contributed by atoms with Crippen LogP contribution in [0.1, 0.15) is 13.0 Å². The summed E-state index contributed by atoms with van der Waals surface area (Å²) in [6.07, 6.45) is 0. The molecule has 1 aromatic heterocycles. The van der Waals surface area contributed by atoms with Crippen molar-refractivity contribution >= 4 is 27.5 Å². The van der Waals surface area contributed by atoms with E-state index in [4.69, 9.17) is 0 Å². The van der Waals surface area contributed by atoms with Crippen molar-refractivity contribution in [3.05, 3.63) is 58.6 Å². The third kappa shape index (κ3) is 3.87. The van der Waals surface area contributed by atoms with E-state index in [1.807, 2.05) is 12.1 Å². The average molecular weight is 408 g/mol. The zero-order valence-electron chi connectivity index (χ0n) is 12.9. The topological polar surface area (TPSA) is 72.7 Å². The monoisotopic (exact) mass is 407 g/mol. The van der Waals surface area contributed by atoms with E-state index in [0.717, 1.165) is 33.0 Å². The number of halogens is 3. The first-order valence-electron chi connectivity index (χ1n) is 7.25. The molecule has 0 radical (unpaired) electrons. The Balaban J connectivity index is 1.76. The molecule has 1 N–H and O–H groups in total. The van der Waals surface area contributed by atoms with E-state index in [2.05, 4.69) is 36.7 Å². The van der Waals surface area contributed by atoms with Crippen molar-refractivity contribution in [2.75, 3.05) is 5.32 Å². The quantitative estimate of drug-likeness (QED) is 0.717. The van der Waals surface area contributed by atoms with Gasteiger partial charge in [0.1, 0.15) is 17.7 Å². The number of benzene rings is 2. The predicted octanol–water partition coefficient (Wildman–Crippen LogP) is 3.58. The lowest BCUT2D eigenvalue weighted by atomic mass is 10.2. The number of amides is 1. The van der Waals surface area contributed by atoms with Crippen molar-refractivity contribution in [3.63, 3.8) is 0 Å². The summed E-state index contributed by atoms with van der Waals surface area (Å²) in [5, 5.41) is 14.2. The first-order valence-corrected chi connectivity index (χ1v) is 8.04. The standard InChI is InChI=1S/C16H12BrF2N5O/c1-9(16(25)20-14-8-12(18)6-7-13(14)19)24-22-15(21-23-24)10-2-4-11(17)5-3-10/h2-9H,1H3,(H,20,25). The molecule has 6 nitrogen and oxygen atoms in total. The number of carbonyl (C=O) groups excluding carboxylic acids is 1. The van der Waals surface area contributed by atoms with Crippen molar-refractivity contribution in [2.45, 2.75) is 13.0 Å². The SMILES string of the molecule is CC(C(=O)Nc1cc(F)ccc1F)n1nnc(-c2ccc(Br)cc2)n1. The first kappa shape index (κ1) is 17.2. The fourth-order valence-corrected chi connectivity index (χ4v) is 2.30. The van der Waals surface area contributed by atoms with Crippen LogP contribution in [-0.4, -0.2) is 26.1 Å². The summed E-state index contributed by atoms with van der Waals surface area (Å²) in [7, 11) is 0. The molecule has 0 spiro atoms. The van der Waals surface area contributed by atoms with E-state index in [1.165, 1.54) is 6.92 Å². The molecule has 25 heavy (non-hydrogen) atoms. The molecule has 2 aromatic carbocycles. The van der Waals surface area contributed by atoms with Crippen molar-refractivity contribution in [2.24, 2.45) is 0 Å². The number of nitrogens with one attached hydrogen (secondary N) is 1. The fourth-order valence-electron chi connectivity index (χ4n) is 2.04. The minimum absolute atomic E-state index is 0.245. The smallest absolute Gasteiger partial charge is 0.250 e. The molecule has 0 bridgehead atoms. The Morgan fingerprint density at radius 2 is 1.92 bits per heavy atom. The highest BCUT2D eigenvalue weighted by Gasteiger charge is 2.20. The van der Waals surface area contributed by atoms with Crippen molar-refractivity contribution in [1.82, 2.24) is 20.2 Å². The fraction of sp³-hybridized carbons (Fsp3) is 0.125. The minimum Gasteiger partial charge on any atom is -0.322 e. The molecule has 1 unspecified atom stereocenters. The second kappa shape index (κ2) is 7.06. The molecule has 0 fully saturated rings. The summed E-state index contributed by atoms with van der Waals surface area (Å²) < 4.78 is 27.7. The zero-order chi connectivity index (χ0) is 18.0. The minimum atomic E-state index is -0.862. The van der Waals surface area contributed by atoms with Gasteiger partial charge in [0.2, 0.25) is 5.82 Å². The van der Waals surface area contributed by atoms with E-state index in [1.54, 1.807) is 12.1 Å². The van der Waals surface area contributed by atoms with Crippen molar-refractivity contribution in [3.8, 4) is 11.4 Å². The Kier molecular flexibility index (Phi) is 4.84. The van der Waals surface area contributed by atoms with Crippen LogP contribution in [0.4, 0.5) is 14.5 Å². The summed E-state index contributed by atoms with van der Waals surface area (Å²) in [4.78, 5) is 13.3. The van der Waals surface area contributed by atoms with Crippen molar-refractivity contribution < 1.29 is 13.6 Å². The highest BCUT2D eigenvalue weighted by Crippen LogP contribution is 2.19. The van der Waals surface area contributed by atoms with Gasteiger partial charge in [-0.15, -0.1) is 10.2 Å². The molecule has 0 aliphatic carbocycles. The summed E-state index contributed by atoms with van der Waals surface area (Å²) in [5.41, 5.74) is 0.489. The number of anilines is 1. The van der Waals surface area contributed by atoms with Crippen LogP contribution >= 0.6 is 15.9 Å². The Bertz CT molecular complexity index is 913. The van der Waals surface area contributed by atoms with Gasteiger partial charge in [-0.2, -0.15) is 4.80 Å². The molecule has 3 rings (SSSR count). The molecule has 9 heteroatoms. The number of nitrogens with zero attached hydrogens (tertiary/aromatic N) is 4. The van der Waals surface area contributed by atoms with Crippen LogP contribution in [0.5, 0.6) is 0 Å². The molecular weight excluding hydrogens is 396 g/mol. The van der Waals surface area contributed by atoms with E-state index in [9.17, 15) is 13.6 Å². The van der Waals surface area contributed by atoms with E-state index >= 15 is 0 Å². The Labute approximate surface area is 150 Å². The van der Waals surface area contributed by atoms with Gasteiger partial charge in [0.25, 0.3) is 5.91 Å². The van der Waals surface area contributed by atoms with Gasteiger partial charge < -0.3 is 5.32 Å². The maximum Gasteiger partial charge on any atom is 0.250 e. The van der Waals surface area contributed by atoms with Crippen LogP contribution in [0.2, 0.25) is 0 Å². The number of tetrazole rings is 1. The maximum absolute atomic E-state index is 13.6. The molecule has 0 saturated carbocycles. The number of aromatic nitrogens is 4. The summed E-state index contributed by atoms with van der Waals surface area (Å²) in [6.45, 7) is 1.53. The molecule has 1 heterocycles. The van der Waals surface area contributed by atoms with Gasteiger partial charge in [0, 0.05) is 16.1 Å². The van der Waals surface area contributed by atoms with Gasteiger partial charge in [-0.25, -0.2) is 8.78 Å². The summed E-state index contributed by atoms with van der Waals surface area (Å²) >= 11 is 3.34. The first-order chi connectivity index (χ1) is 11.9. The van der Waals surface area contributed by atoms with Gasteiger partial charge in [-0.1, -0.05) is 15.9 Å². The highest BCUT2D eigenvalue weighted by atomic mass is 79.9. The highest BCUT2D eigenvalue weighted by molar-refractivity contribution is 9.10. The zero-order valence-corrected chi connectivity index (χ0v) is 14.5. The average Bonchev–Trinajstić information content (AvgIpc) is 3.08. The number of rotatable bonds is 4. The lowest BCUT2D eigenvalue weighted by Crippen LogP contribution is -2.26. The van der Waals surface area contributed by atoms with Crippen LogP contribution in [-0.2, 0) is 4.79 Å². The van der Waals surface area contributed by atoms with Gasteiger partial charge in [0.05, 0.1) is 5.69 Å². The normalized spacial score (nSPS) is 12.0. The van der Waals surface area contributed by atoms with Crippen LogP contribution in [0.3, 0.4) is 0 Å². The maximum atomic E-state index is 13.6. The number of hydrogen-bond acceptors (Lipinski definition) is 4. The summed E-state index contributed by atoms with van der Waals surface area (Å²) in [6, 6.07) is 9.22. The largest absolute Gasteiger partial charge is 0.322 e. The lowest BCUT2D eigenvalue weighted by molar-refractivity contribution is -0.119.